The van der Waals surface area contributed by atoms with E-state index in [9.17, 15) is 24.9 Å². The van der Waals surface area contributed by atoms with Gasteiger partial charge in [0.15, 0.2) is 0 Å². The van der Waals surface area contributed by atoms with Crippen LogP contribution in [0.2, 0.25) is 0 Å². The summed E-state index contributed by atoms with van der Waals surface area (Å²) in [7, 11) is 0. The molecule has 2 heterocycles. The van der Waals surface area contributed by atoms with E-state index in [0.717, 1.165) is 0 Å². The number of urea groups is 1. The first-order valence-electron chi connectivity index (χ1n) is 4.89. The Morgan fingerprint density at radius 1 is 1.24 bits per heavy atom. The van der Waals surface area contributed by atoms with E-state index in [2.05, 4.69) is 0 Å². The third-order valence-corrected chi connectivity index (χ3v) is 2.85. The van der Waals surface area contributed by atoms with E-state index >= 15 is 0 Å². The molecule has 2 saturated heterocycles. The second-order valence-electron chi connectivity index (χ2n) is 3.91. The van der Waals surface area contributed by atoms with Crippen molar-refractivity contribution < 1.29 is 34.8 Å². The molecule has 9 nitrogen and oxygen atoms in total. The van der Waals surface area contributed by atoms with Gasteiger partial charge in [-0.3, -0.25) is 15.4 Å². The van der Waals surface area contributed by atoms with Crippen molar-refractivity contribution in [2.45, 2.75) is 30.1 Å². The fourth-order valence-electron chi connectivity index (χ4n) is 1.91. The van der Waals surface area contributed by atoms with Gasteiger partial charge in [-0.1, -0.05) is 0 Å². The Balaban J connectivity index is 2.34. The first-order valence-corrected chi connectivity index (χ1v) is 4.89. The molecule has 17 heavy (non-hydrogen) atoms. The van der Waals surface area contributed by atoms with Gasteiger partial charge in [-0.2, -0.15) is 0 Å². The van der Waals surface area contributed by atoms with Crippen molar-refractivity contribution in [2.75, 3.05) is 6.61 Å². The molecule has 0 aromatic rings. The van der Waals surface area contributed by atoms with Crippen LogP contribution in [0.5, 0.6) is 0 Å². The van der Waals surface area contributed by atoms with Gasteiger partial charge in [-0.05, 0) is 0 Å². The lowest BCUT2D eigenvalue weighted by atomic mass is 9.90. The first kappa shape index (κ1) is 12.2. The minimum absolute atomic E-state index is 0.685. The van der Waals surface area contributed by atoms with E-state index in [1.807, 2.05) is 10.6 Å². The van der Waals surface area contributed by atoms with Crippen LogP contribution in [0.3, 0.4) is 0 Å². The number of imide groups is 1. The van der Waals surface area contributed by atoms with Gasteiger partial charge in [-0.15, -0.1) is 0 Å². The molecule has 0 aliphatic carbocycles. The van der Waals surface area contributed by atoms with Crippen LogP contribution < -0.4 is 10.6 Å². The molecule has 1 spiro atoms. The predicted molar refractivity (Wildman–Crippen MR) is 49.4 cm³/mol. The minimum atomic E-state index is -2.18. The van der Waals surface area contributed by atoms with Gasteiger partial charge >= 0.3 is 6.03 Å². The molecule has 0 bridgehead atoms. The van der Waals surface area contributed by atoms with Crippen molar-refractivity contribution >= 4 is 11.9 Å². The Morgan fingerprint density at radius 3 is 2.35 bits per heavy atom. The molecule has 2 fully saturated rings. The number of aliphatic hydroxyl groups is 4. The molecule has 3 amide bonds. The highest BCUT2D eigenvalue weighted by molar-refractivity contribution is 6.06. The quantitative estimate of drug-likeness (QED) is 0.259. The Morgan fingerprint density at radius 2 is 1.88 bits per heavy atom. The maximum Gasteiger partial charge on any atom is 0.324 e. The molecule has 6 N–H and O–H groups in total. The summed E-state index contributed by atoms with van der Waals surface area (Å²) in [5.74, 6) is -0.987. The Bertz CT molecular complexity index is 360. The average molecular weight is 248 g/mol. The highest BCUT2D eigenvalue weighted by atomic mass is 16.6. The van der Waals surface area contributed by atoms with Crippen LogP contribution in [0.15, 0.2) is 0 Å². The summed E-state index contributed by atoms with van der Waals surface area (Å²) in [6.07, 6.45) is -6.43. The minimum Gasteiger partial charge on any atom is -0.394 e. The van der Waals surface area contributed by atoms with Crippen LogP contribution in [-0.4, -0.2) is 69.1 Å². The van der Waals surface area contributed by atoms with Crippen molar-refractivity contribution in [3.05, 3.63) is 0 Å². The Hall–Kier alpha value is -1.26. The topological polar surface area (TPSA) is 148 Å². The second kappa shape index (κ2) is 3.89. The van der Waals surface area contributed by atoms with Crippen LogP contribution in [0, 0.1) is 0 Å². The summed E-state index contributed by atoms with van der Waals surface area (Å²) in [5, 5.41) is 41.5. The van der Waals surface area contributed by atoms with Gasteiger partial charge in [0.25, 0.3) is 11.6 Å². The van der Waals surface area contributed by atoms with E-state index in [0.29, 0.717) is 0 Å². The fraction of sp³-hybridized carbons (Fsp3) is 0.750. The number of aliphatic hydroxyl groups excluding tert-OH is 4. The van der Waals surface area contributed by atoms with Gasteiger partial charge in [0, 0.05) is 0 Å². The summed E-state index contributed by atoms with van der Waals surface area (Å²) in [5.41, 5.74) is -2.18. The molecule has 0 aromatic carbocycles. The van der Waals surface area contributed by atoms with Gasteiger partial charge in [0.1, 0.15) is 24.4 Å². The summed E-state index contributed by atoms with van der Waals surface area (Å²) in [6.45, 7) is -0.685. The molecular weight excluding hydrogens is 236 g/mol. The number of carbonyl (C=O) groups is 2. The van der Waals surface area contributed by atoms with Crippen molar-refractivity contribution in [3.8, 4) is 0 Å². The SMILES string of the molecule is O=C1NC(=O)[C@@]2(N1)O[C@H](CO)[C@H](O)[C@H](O)[C@H]2O. The molecule has 96 valence electrons. The summed E-state index contributed by atoms with van der Waals surface area (Å²) in [4.78, 5) is 22.5. The zero-order valence-corrected chi connectivity index (χ0v) is 8.53. The standard InChI is InChI=1S/C8H12N2O7/c11-1-2-3(12)4(13)5(14)8(17-2)6(15)9-7(16)10-8/h2-5,11-14H,1H2,(H2,9,10,15,16)/t2-,3+,4+,5-,8+/m1/s1. The fourth-order valence-corrected chi connectivity index (χ4v) is 1.91. The largest absolute Gasteiger partial charge is 0.394 e. The molecular formula is C8H12N2O7. The van der Waals surface area contributed by atoms with E-state index in [1.165, 1.54) is 0 Å². The van der Waals surface area contributed by atoms with Gasteiger partial charge in [0.05, 0.1) is 6.61 Å². The lowest BCUT2D eigenvalue weighted by molar-refractivity contribution is -0.267. The zero-order chi connectivity index (χ0) is 12.8. The van der Waals surface area contributed by atoms with E-state index in [4.69, 9.17) is 9.84 Å². The third kappa shape index (κ3) is 1.59. The maximum absolute atomic E-state index is 11.5. The van der Waals surface area contributed by atoms with E-state index in [1.54, 1.807) is 0 Å². The van der Waals surface area contributed by atoms with E-state index in [-0.39, 0.29) is 0 Å². The Labute approximate surface area is 95.0 Å². The molecule has 0 unspecified atom stereocenters. The van der Waals surface area contributed by atoms with Gasteiger partial charge < -0.3 is 25.2 Å². The third-order valence-electron chi connectivity index (χ3n) is 2.85. The molecule has 0 saturated carbocycles. The summed E-state index contributed by atoms with van der Waals surface area (Å²) >= 11 is 0. The number of carbonyl (C=O) groups excluding carboxylic acids is 2. The van der Waals surface area contributed by atoms with Crippen LogP contribution in [0.1, 0.15) is 0 Å². The molecule has 9 heteroatoms. The number of hydrogen-bond acceptors (Lipinski definition) is 7. The van der Waals surface area contributed by atoms with E-state index < -0.39 is 48.7 Å². The Kier molecular flexibility index (Phi) is 2.79. The average Bonchev–Trinajstić information content (AvgIpc) is 2.57. The van der Waals surface area contributed by atoms with Gasteiger partial charge in [0.2, 0.25) is 0 Å². The van der Waals surface area contributed by atoms with Crippen LogP contribution in [0.4, 0.5) is 4.79 Å². The lowest BCUT2D eigenvalue weighted by Crippen LogP contribution is -2.71. The van der Waals surface area contributed by atoms with Crippen LogP contribution >= 0.6 is 0 Å². The van der Waals surface area contributed by atoms with Gasteiger partial charge in [-0.25, -0.2) is 4.79 Å². The highest BCUT2D eigenvalue weighted by Gasteiger charge is 2.61. The number of hydrogen-bond donors (Lipinski definition) is 6. The highest BCUT2D eigenvalue weighted by Crippen LogP contribution is 2.30. The first-order chi connectivity index (χ1) is 7.92. The summed E-state index contributed by atoms with van der Waals surface area (Å²) < 4.78 is 5.01. The zero-order valence-electron chi connectivity index (χ0n) is 8.53. The van der Waals surface area contributed by atoms with Crippen molar-refractivity contribution in [2.24, 2.45) is 0 Å². The number of ether oxygens (including phenoxy) is 1. The van der Waals surface area contributed by atoms with Crippen molar-refractivity contribution in [3.63, 3.8) is 0 Å². The van der Waals surface area contributed by atoms with Crippen molar-refractivity contribution in [1.82, 2.24) is 10.6 Å². The maximum atomic E-state index is 11.5. The lowest BCUT2D eigenvalue weighted by Gasteiger charge is -2.44. The molecule has 2 rings (SSSR count). The second-order valence-corrected chi connectivity index (χ2v) is 3.91. The van der Waals surface area contributed by atoms with Crippen molar-refractivity contribution in [1.29, 1.82) is 0 Å². The predicted octanol–water partition coefficient (Wildman–Crippen LogP) is -4.00. The van der Waals surface area contributed by atoms with Crippen LogP contribution in [0.25, 0.3) is 0 Å². The molecule has 0 aromatic heterocycles. The normalized spacial score (nSPS) is 45.9. The monoisotopic (exact) mass is 248 g/mol. The summed E-state index contributed by atoms with van der Waals surface area (Å²) in [6, 6.07) is -0.894. The smallest absolute Gasteiger partial charge is 0.324 e. The molecule has 5 atom stereocenters. The molecule has 0 radical (unpaired) electrons. The number of rotatable bonds is 1. The molecule has 2 aliphatic heterocycles. The van der Waals surface area contributed by atoms with Crippen LogP contribution in [-0.2, 0) is 9.53 Å². The molecule has 2 aliphatic rings. The number of amides is 3. The number of nitrogens with one attached hydrogen (secondary N) is 2.